The molecule has 1 aromatic heterocycles. The molecule has 0 bridgehead atoms. The number of anilines is 2. The number of nitro groups is 1. The molecule has 0 atom stereocenters. The molecule has 1 aliphatic heterocycles. The molecule has 0 unspecified atom stereocenters. The summed E-state index contributed by atoms with van der Waals surface area (Å²) in [4.78, 5) is 12.4. The summed E-state index contributed by atoms with van der Waals surface area (Å²) in [7, 11) is -3.84. The number of sulfonamides is 1. The summed E-state index contributed by atoms with van der Waals surface area (Å²) in [5, 5.41) is 22.8. The molecule has 172 valence electrons. The van der Waals surface area contributed by atoms with Crippen LogP contribution in [0.3, 0.4) is 0 Å². The van der Waals surface area contributed by atoms with Crippen molar-refractivity contribution in [3.8, 4) is 0 Å². The van der Waals surface area contributed by atoms with E-state index in [0.29, 0.717) is 36.8 Å². The minimum atomic E-state index is -3.84. The van der Waals surface area contributed by atoms with E-state index in [2.05, 4.69) is 15.5 Å². The molecule has 1 N–H and O–H groups in total. The van der Waals surface area contributed by atoms with Crippen molar-refractivity contribution in [3.63, 3.8) is 0 Å². The van der Waals surface area contributed by atoms with E-state index in [1.165, 1.54) is 16.4 Å². The summed E-state index contributed by atoms with van der Waals surface area (Å²) in [6.07, 6.45) is 0. The minimum Gasteiger partial charge on any atom is -0.365 e. The molecule has 10 nitrogen and oxygen atoms in total. The van der Waals surface area contributed by atoms with Crippen molar-refractivity contribution >= 4 is 27.3 Å². The second-order valence-corrected chi connectivity index (χ2v) is 9.62. The first-order chi connectivity index (χ1) is 15.8. The molecule has 2 aromatic carbocycles. The molecule has 0 radical (unpaired) electrons. The van der Waals surface area contributed by atoms with Crippen molar-refractivity contribution in [2.75, 3.05) is 36.4 Å². The van der Waals surface area contributed by atoms with Crippen LogP contribution < -0.4 is 10.2 Å². The number of nitro benzene ring substituents is 1. The molecule has 1 saturated heterocycles. The Bertz CT molecular complexity index is 1230. The molecule has 33 heavy (non-hydrogen) atoms. The molecular weight excluding hydrogens is 444 g/mol. The number of rotatable bonds is 7. The molecule has 0 aliphatic carbocycles. The monoisotopic (exact) mass is 468 g/mol. The average Bonchev–Trinajstić information content (AvgIpc) is 2.84. The second kappa shape index (κ2) is 9.51. The molecule has 0 saturated carbocycles. The predicted octanol–water partition coefficient (Wildman–Crippen LogP) is 2.82. The van der Waals surface area contributed by atoms with E-state index in [4.69, 9.17) is 0 Å². The van der Waals surface area contributed by atoms with Gasteiger partial charge in [0.05, 0.1) is 9.82 Å². The number of non-ortho nitro benzene ring substituents is 1. The van der Waals surface area contributed by atoms with Crippen molar-refractivity contribution < 1.29 is 13.3 Å². The summed E-state index contributed by atoms with van der Waals surface area (Å²) in [5.74, 6) is 1.33. The molecular formula is C22H24N6O4S. The van der Waals surface area contributed by atoms with Gasteiger partial charge < -0.3 is 10.2 Å². The zero-order valence-corrected chi connectivity index (χ0v) is 18.9. The van der Waals surface area contributed by atoms with Crippen LogP contribution in [0.25, 0.3) is 0 Å². The lowest BCUT2D eigenvalue weighted by molar-refractivity contribution is -0.385. The van der Waals surface area contributed by atoms with Gasteiger partial charge in [-0.25, -0.2) is 8.42 Å². The van der Waals surface area contributed by atoms with Crippen LogP contribution in [0, 0.1) is 17.0 Å². The summed E-state index contributed by atoms with van der Waals surface area (Å²) in [5.41, 5.74) is 1.38. The summed E-state index contributed by atoms with van der Waals surface area (Å²) in [6.45, 7) is 3.66. The summed E-state index contributed by atoms with van der Waals surface area (Å²) < 4.78 is 27.6. The van der Waals surface area contributed by atoms with E-state index in [0.717, 1.165) is 11.6 Å². The maximum Gasteiger partial charge on any atom is 0.270 e. The van der Waals surface area contributed by atoms with Crippen LogP contribution in [0.1, 0.15) is 11.1 Å². The van der Waals surface area contributed by atoms with Crippen LogP contribution >= 0.6 is 0 Å². The van der Waals surface area contributed by atoms with Gasteiger partial charge >= 0.3 is 0 Å². The third-order valence-electron chi connectivity index (χ3n) is 5.53. The predicted molar refractivity (Wildman–Crippen MR) is 125 cm³/mol. The number of nitrogens with one attached hydrogen (secondary N) is 1. The Morgan fingerprint density at radius 3 is 2.36 bits per heavy atom. The van der Waals surface area contributed by atoms with E-state index in [-0.39, 0.29) is 23.7 Å². The van der Waals surface area contributed by atoms with Gasteiger partial charge in [-0.1, -0.05) is 36.4 Å². The number of aromatic nitrogens is 2. The Labute approximate surface area is 192 Å². The molecule has 0 spiro atoms. The van der Waals surface area contributed by atoms with Crippen LogP contribution in [0.2, 0.25) is 0 Å². The van der Waals surface area contributed by atoms with Gasteiger partial charge in [-0.15, -0.1) is 10.2 Å². The maximum absolute atomic E-state index is 13.1. The van der Waals surface area contributed by atoms with Gasteiger partial charge in [0, 0.05) is 44.9 Å². The highest BCUT2D eigenvalue weighted by molar-refractivity contribution is 7.89. The van der Waals surface area contributed by atoms with Gasteiger partial charge in [-0.2, -0.15) is 4.31 Å². The summed E-state index contributed by atoms with van der Waals surface area (Å²) >= 11 is 0. The number of hydrogen-bond donors (Lipinski definition) is 1. The largest absolute Gasteiger partial charge is 0.365 e. The van der Waals surface area contributed by atoms with E-state index in [1.54, 1.807) is 6.92 Å². The Balaban J connectivity index is 1.38. The number of aryl methyl sites for hydroxylation is 1. The molecule has 3 aromatic rings. The van der Waals surface area contributed by atoms with E-state index in [9.17, 15) is 18.5 Å². The van der Waals surface area contributed by atoms with Gasteiger partial charge in [0.25, 0.3) is 5.69 Å². The quantitative estimate of drug-likeness (QED) is 0.415. The van der Waals surface area contributed by atoms with Crippen LogP contribution in [-0.4, -0.2) is 54.0 Å². The van der Waals surface area contributed by atoms with E-state index < -0.39 is 14.9 Å². The zero-order valence-electron chi connectivity index (χ0n) is 18.1. The van der Waals surface area contributed by atoms with Crippen molar-refractivity contribution in [1.29, 1.82) is 0 Å². The maximum atomic E-state index is 13.1. The highest BCUT2D eigenvalue weighted by atomic mass is 32.2. The first-order valence-corrected chi connectivity index (χ1v) is 11.9. The fraction of sp³-hybridized carbons (Fsp3) is 0.273. The van der Waals surface area contributed by atoms with Crippen LogP contribution in [0.15, 0.2) is 65.6 Å². The average molecular weight is 469 g/mol. The smallest absolute Gasteiger partial charge is 0.270 e. The lowest BCUT2D eigenvalue weighted by Gasteiger charge is -2.34. The standard InChI is InChI=1S/C22H24N6O4S/c1-17-7-8-19(28(29)30)15-20(17)33(31,32)27-13-11-26(12-14-27)22-10-9-21(24-25-22)23-16-18-5-3-2-4-6-18/h2-10,15H,11-14,16H2,1H3,(H,23,24). The van der Waals surface area contributed by atoms with Gasteiger partial charge in [-0.3, -0.25) is 10.1 Å². The number of piperazine rings is 1. The van der Waals surface area contributed by atoms with Crippen molar-refractivity contribution in [2.45, 2.75) is 18.4 Å². The van der Waals surface area contributed by atoms with E-state index in [1.807, 2.05) is 47.4 Å². The first-order valence-electron chi connectivity index (χ1n) is 10.5. The van der Waals surface area contributed by atoms with Crippen LogP contribution in [0.4, 0.5) is 17.3 Å². The van der Waals surface area contributed by atoms with Gasteiger partial charge in [0.2, 0.25) is 10.0 Å². The normalized spacial score (nSPS) is 14.8. The second-order valence-electron chi connectivity index (χ2n) is 7.71. The third kappa shape index (κ3) is 5.10. The molecule has 11 heteroatoms. The van der Waals surface area contributed by atoms with Gasteiger partial charge in [-0.05, 0) is 30.2 Å². The molecule has 4 rings (SSSR count). The van der Waals surface area contributed by atoms with Crippen LogP contribution in [-0.2, 0) is 16.6 Å². The van der Waals surface area contributed by atoms with Crippen molar-refractivity contribution in [2.24, 2.45) is 0 Å². The lowest BCUT2D eigenvalue weighted by atomic mass is 10.2. The Morgan fingerprint density at radius 2 is 1.73 bits per heavy atom. The molecule has 1 aliphatic rings. The highest BCUT2D eigenvalue weighted by Gasteiger charge is 2.31. The SMILES string of the molecule is Cc1ccc([N+](=O)[O-])cc1S(=O)(=O)N1CCN(c2ccc(NCc3ccccc3)nn2)CC1. The Kier molecular flexibility index (Phi) is 6.52. The third-order valence-corrected chi connectivity index (χ3v) is 7.57. The Hall–Kier alpha value is -3.57. The fourth-order valence-electron chi connectivity index (χ4n) is 3.65. The topological polar surface area (TPSA) is 122 Å². The van der Waals surface area contributed by atoms with E-state index >= 15 is 0 Å². The van der Waals surface area contributed by atoms with Crippen molar-refractivity contribution in [3.05, 3.63) is 81.9 Å². The Morgan fingerprint density at radius 1 is 1.00 bits per heavy atom. The lowest BCUT2D eigenvalue weighted by Crippen LogP contribution is -2.49. The number of hydrogen-bond acceptors (Lipinski definition) is 8. The zero-order chi connectivity index (χ0) is 23.4. The molecule has 1 fully saturated rings. The minimum absolute atomic E-state index is 0.0289. The molecule has 0 amide bonds. The molecule has 2 heterocycles. The summed E-state index contributed by atoms with van der Waals surface area (Å²) in [6, 6.07) is 17.6. The fourth-order valence-corrected chi connectivity index (χ4v) is 5.32. The van der Waals surface area contributed by atoms with Gasteiger partial charge in [0.1, 0.15) is 5.82 Å². The highest BCUT2D eigenvalue weighted by Crippen LogP contribution is 2.26. The number of benzene rings is 2. The van der Waals surface area contributed by atoms with Crippen LogP contribution in [0.5, 0.6) is 0 Å². The number of nitrogens with zero attached hydrogens (tertiary/aromatic N) is 5. The van der Waals surface area contributed by atoms with Crippen molar-refractivity contribution in [1.82, 2.24) is 14.5 Å². The first kappa shape index (κ1) is 22.6. The van der Waals surface area contributed by atoms with Gasteiger partial charge in [0.15, 0.2) is 5.82 Å².